The number of hydrogen-bond donors (Lipinski definition) is 0. The molecule has 0 saturated carbocycles. The van der Waals surface area contributed by atoms with Crippen molar-refractivity contribution in [3.05, 3.63) is 60.2 Å². The van der Waals surface area contributed by atoms with Crippen molar-refractivity contribution in [2.24, 2.45) is 0 Å². The summed E-state index contributed by atoms with van der Waals surface area (Å²) in [6.07, 6.45) is 2.35. The number of benzene rings is 2. The first-order chi connectivity index (χ1) is 10.5. The van der Waals surface area contributed by atoms with Crippen LogP contribution in [0.1, 0.15) is 39.7 Å². The van der Waals surface area contributed by atoms with E-state index in [-0.39, 0.29) is 5.54 Å². The van der Waals surface area contributed by atoms with Crippen LogP contribution >= 0.6 is 0 Å². The summed E-state index contributed by atoms with van der Waals surface area (Å²) in [4.78, 5) is 0. The Kier molecular flexibility index (Phi) is 3.82. The second kappa shape index (κ2) is 5.64. The van der Waals surface area contributed by atoms with E-state index in [4.69, 9.17) is 0 Å². The summed E-state index contributed by atoms with van der Waals surface area (Å²) >= 11 is 0. The first-order valence-corrected chi connectivity index (χ1v) is 8.21. The molecule has 114 valence electrons. The van der Waals surface area contributed by atoms with Crippen LogP contribution in [-0.2, 0) is 12.0 Å². The number of rotatable bonds is 3. The molecule has 0 spiro atoms. The third-order valence-corrected chi connectivity index (χ3v) is 4.17. The minimum absolute atomic E-state index is 0.0561. The van der Waals surface area contributed by atoms with Gasteiger partial charge in [0.2, 0.25) is 0 Å². The molecule has 0 aliphatic rings. The van der Waals surface area contributed by atoms with Gasteiger partial charge in [0, 0.05) is 22.1 Å². The van der Waals surface area contributed by atoms with Gasteiger partial charge in [0.1, 0.15) is 0 Å². The smallest absolute Gasteiger partial charge is 0.0496 e. The van der Waals surface area contributed by atoms with Gasteiger partial charge in [0.25, 0.3) is 0 Å². The molecule has 3 rings (SSSR count). The van der Waals surface area contributed by atoms with Crippen molar-refractivity contribution in [2.75, 3.05) is 0 Å². The van der Waals surface area contributed by atoms with Crippen molar-refractivity contribution in [3.8, 4) is 11.3 Å². The molecule has 1 heterocycles. The molecule has 0 unspecified atom stereocenters. The lowest BCUT2D eigenvalue weighted by atomic mass is 10.0. The van der Waals surface area contributed by atoms with Gasteiger partial charge in [-0.25, -0.2) is 0 Å². The molecule has 0 fully saturated rings. The third-order valence-electron chi connectivity index (χ3n) is 4.17. The summed E-state index contributed by atoms with van der Waals surface area (Å²) < 4.78 is 2.46. The maximum Gasteiger partial charge on any atom is 0.0496 e. The van der Waals surface area contributed by atoms with Crippen LogP contribution in [0.25, 0.3) is 22.2 Å². The van der Waals surface area contributed by atoms with E-state index in [0.29, 0.717) is 0 Å². The van der Waals surface area contributed by atoms with Crippen molar-refractivity contribution in [1.29, 1.82) is 0 Å². The van der Waals surface area contributed by atoms with E-state index < -0.39 is 0 Å². The van der Waals surface area contributed by atoms with Gasteiger partial charge >= 0.3 is 0 Å². The van der Waals surface area contributed by atoms with E-state index in [1.165, 1.54) is 34.1 Å². The summed E-state index contributed by atoms with van der Waals surface area (Å²) in [6, 6.07) is 20.0. The summed E-state index contributed by atoms with van der Waals surface area (Å²) in [5.74, 6) is 0. The SMILES string of the molecule is CCCc1ccc(-c2cc3ccccc3n2C(C)(C)C)cc1. The fourth-order valence-corrected chi connectivity index (χ4v) is 3.22. The summed E-state index contributed by atoms with van der Waals surface area (Å²) in [7, 11) is 0. The molecule has 3 aromatic rings. The van der Waals surface area contributed by atoms with E-state index in [1.54, 1.807) is 0 Å². The Morgan fingerprint density at radius 3 is 2.23 bits per heavy atom. The number of aryl methyl sites for hydroxylation is 1. The van der Waals surface area contributed by atoms with Crippen LogP contribution < -0.4 is 0 Å². The standard InChI is InChI=1S/C21H25N/c1-5-8-16-11-13-17(14-12-16)20-15-18-9-6-7-10-19(18)22(20)21(2,3)4/h6-7,9-15H,5,8H2,1-4H3. The maximum atomic E-state index is 2.46. The highest BCUT2D eigenvalue weighted by Crippen LogP contribution is 2.33. The zero-order valence-corrected chi connectivity index (χ0v) is 14.1. The monoisotopic (exact) mass is 291 g/mol. The Morgan fingerprint density at radius 1 is 0.909 bits per heavy atom. The van der Waals surface area contributed by atoms with E-state index >= 15 is 0 Å². The quantitative estimate of drug-likeness (QED) is 0.556. The molecule has 0 radical (unpaired) electrons. The van der Waals surface area contributed by atoms with Gasteiger partial charge in [0.15, 0.2) is 0 Å². The average molecular weight is 291 g/mol. The van der Waals surface area contributed by atoms with E-state index in [0.717, 1.165) is 6.42 Å². The fourth-order valence-electron chi connectivity index (χ4n) is 3.22. The normalized spacial score (nSPS) is 12.0. The van der Waals surface area contributed by atoms with Gasteiger partial charge in [-0.15, -0.1) is 0 Å². The van der Waals surface area contributed by atoms with Crippen LogP contribution in [0.4, 0.5) is 0 Å². The van der Waals surface area contributed by atoms with Crippen molar-refractivity contribution >= 4 is 10.9 Å². The molecule has 0 bridgehead atoms. The molecule has 0 N–H and O–H groups in total. The van der Waals surface area contributed by atoms with Crippen molar-refractivity contribution < 1.29 is 0 Å². The molecule has 1 nitrogen and oxygen atoms in total. The number of fused-ring (bicyclic) bond motifs is 1. The Hall–Kier alpha value is -2.02. The predicted molar refractivity (Wildman–Crippen MR) is 96.4 cm³/mol. The van der Waals surface area contributed by atoms with Crippen LogP contribution in [0.5, 0.6) is 0 Å². The first kappa shape index (κ1) is 14.9. The number of aromatic nitrogens is 1. The van der Waals surface area contributed by atoms with Crippen molar-refractivity contribution in [1.82, 2.24) is 4.57 Å². The Bertz CT molecular complexity index is 770. The molecular weight excluding hydrogens is 266 g/mol. The predicted octanol–water partition coefficient (Wildman–Crippen LogP) is 6.02. The molecule has 2 aromatic carbocycles. The number of para-hydroxylation sites is 1. The Morgan fingerprint density at radius 2 is 1.59 bits per heavy atom. The molecule has 22 heavy (non-hydrogen) atoms. The van der Waals surface area contributed by atoms with Crippen LogP contribution in [-0.4, -0.2) is 4.57 Å². The Labute approximate surface area is 133 Å². The average Bonchev–Trinajstić information content (AvgIpc) is 2.87. The van der Waals surface area contributed by atoms with Crippen LogP contribution in [0, 0.1) is 0 Å². The lowest BCUT2D eigenvalue weighted by Gasteiger charge is -2.26. The first-order valence-electron chi connectivity index (χ1n) is 8.21. The summed E-state index contributed by atoms with van der Waals surface area (Å²) in [5.41, 5.74) is 5.38. The third kappa shape index (κ3) is 2.68. The van der Waals surface area contributed by atoms with Crippen molar-refractivity contribution in [3.63, 3.8) is 0 Å². The van der Waals surface area contributed by atoms with Gasteiger partial charge in [-0.05, 0) is 50.5 Å². The van der Waals surface area contributed by atoms with E-state index in [2.05, 4.69) is 86.9 Å². The highest BCUT2D eigenvalue weighted by Gasteiger charge is 2.20. The molecule has 0 aliphatic heterocycles. The highest BCUT2D eigenvalue weighted by molar-refractivity contribution is 5.87. The van der Waals surface area contributed by atoms with Gasteiger partial charge in [-0.2, -0.15) is 0 Å². The molecule has 1 heteroatoms. The number of nitrogens with zero attached hydrogens (tertiary/aromatic N) is 1. The Balaban J connectivity index is 2.17. The molecular formula is C21H25N. The van der Waals surface area contributed by atoms with Gasteiger partial charge < -0.3 is 4.57 Å². The zero-order chi connectivity index (χ0) is 15.7. The zero-order valence-electron chi connectivity index (χ0n) is 14.1. The summed E-state index contributed by atoms with van der Waals surface area (Å²) in [5, 5.41) is 1.31. The number of hydrogen-bond acceptors (Lipinski definition) is 0. The minimum Gasteiger partial charge on any atom is -0.335 e. The van der Waals surface area contributed by atoms with Gasteiger partial charge in [0.05, 0.1) is 0 Å². The molecule has 0 saturated heterocycles. The van der Waals surface area contributed by atoms with Crippen molar-refractivity contribution in [2.45, 2.75) is 46.1 Å². The summed E-state index contributed by atoms with van der Waals surface area (Å²) in [6.45, 7) is 9.04. The van der Waals surface area contributed by atoms with Gasteiger partial charge in [-0.1, -0.05) is 55.8 Å². The lowest BCUT2D eigenvalue weighted by molar-refractivity contribution is 0.415. The second-order valence-corrected chi connectivity index (χ2v) is 7.04. The van der Waals surface area contributed by atoms with E-state index in [1.807, 2.05) is 0 Å². The second-order valence-electron chi connectivity index (χ2n) is 7.04. The largest absolute Gasteiger partial charge is 0.335 e. The van der Waals surface area contributed by atoms with Crippen LogP contribution in [0.2, 0.25) is 0 Å². The fraction of sp³-hybridized carbons (Fsp3) is 0.333. The molecule has 0 aliphatic carbocycles. The van der Waals surface area contributed by atoms with E-state index in [9.17, 15) is 0 Å². The van der Waals surface area contributed by atoms with Gasteiger partial charge in [-0.3, -0.25) is 0 Å². The molecule has 1 aromatic heterocycles. The lowest BCUT2D eigenvalue weighted by Crippen LogP contribution is -2.22. The maximum absolute atomic E-state index is 2.46. The highest BCUT2D eigenvalue weighted by atomic mass is 15.1. The van der Waals surface area contributed by atoms with Crippen LogP contribution in [0.15, 0.2) is 54.6 Å². The molecule has 0 atom stereocenters. The molecule has 0 amide bonds. The topological polar surface area (TPSA) is 4.93 Å². The van der Waals surface area contributed by atoms with Crippen LogP contribution in [0.3, 0.4) is 0 Å². The minimum atomic E-state index is 0.0561.